The van der Waals surface area contributed by atoms with Crippen LogP contribution in [0.4, 0.5) is 0 Å². The van der Waals surface area contributed by atoms with Gasteiger partial charge in [0.15, 0.2) is 5.43 Å². The Balaban J connectivity index is 1.47. The predicted octanol–water partition coefficient (Wildman–Crippen LogP) is 3.16. The Hall–Kier alpha value is -2.48. The van der Waals surface area contributed by atoms with Gasteiger partial charge in [-0.25, -0.2) is 0 Å². The maximum Gasteiger partial charge on any atom is 0.193 e. The van der Waals surface area contributed by atoms with Crippen LogP contribution in [0.3, 0.4) is 0 Å². The number of aliphatic hydroxyl groups excluding tert-OH is 1. The minimum absolute atomic E-state index is 0.0394. The minimum Gasteiger partial charge on any atom is -0.390 e. The standard InChI is InChI=1S/C25H26ClN3O3/c26-21-3-1-17(2-4-21)12-27-13-20-15-29-22(16-30)11-19-9-18(10-23(24(19)29)25(20)31)14-28-5-7-32-8-6-28/h1-4,9-11,15,27,30H,5-8,12-14,16H2. The number of hydrogen-bond acceptors (Lipinski definition) is 5. The van der Waals surface area contributed by atoms with Crippen LogP contribution in [0.1, 0.15) is 22.4 Å². The molecule has 0 unspecified atom stereocenters. The summed E-state index contributed by atoms with van der Waals surface area (Å²) in [6.45, 7) is 5.05. The molecular formula is C25H26ClN3O3. The van der Waals surface area contributed by atoms with Crippen molar-refractivity contribution >= 4 is 27.9 Å². The molecule has 2 N–H and O–H groups in total. The third-order valence-electron chi connectivity index (χ3n) is 6.12. The molecule has 2 aromatic carbocycles. The fraction of sp³-hybridized carbons (Fsp3) is 0.320. The Morgan fingerprint density at radius 3 is 2.56 bits per heavy atom. The molecule has 4 aromatic rings. The van der Waals surface area contributed by atoms with Gasteiger partial charge in [-0.15, -0.1) is 0 Å². The first-order valence-electron chi connectivity index (χ1n) is 10.9. The Bertz CT molecular complexity index is 1280. The molecule has 0 spiro atoms. The van der Waals surface area contributed by atoms with Gasteiger partial charge in [-0.1, -0.05) is 23.7 Å². The number of ether oxygens (including phenoxy) is 1. The summed E-state index contributed by atoms with van der Waals surface area (Å²) in [6.07, 6.45) is 1.86. The largest absolute Gasteiger partial charge is 0.390 e. The van der Waals surface area contributed by atoms with E-state index in [1.54, 1.807) is 0 Å². The lowest BCUT2D eigenvalue weighted by atomic mass is 10.1. The van der Waals surface area contributed by atoms with Crippen molar-refractivity contribution in [2.75, 3.05) is 26.3 Å². The average Bonchev–Trinajstić information content (AvgIpc) is 3.16. The lowest BCUT2D eigenvalue weighted by molar-refractivity contribution is 0.0342. The highest BCUT2D eigenvalue weighted by molar-refractivity contribution is 6.30. The molecule has 0 amide bonds. The number of nitrogens with zero attached hydrogens (tertiary/aromatic N) is 2. The van der Waals surface area contributed by atoms with Crippen molar-refractivity contribution in [2.45, 2.75) is 26.2 Å². The number of rotatable bonds is 7. The molecule has 1 saturated heterocycles. The molecular weight excluding hydrogens is 426 g/mol. The normalized spacial score (nSPS) is 15.2. The van der Waals surface area contributed by atoms with E-state index in [1.807, 2.05) is 47.0 Å². The Kier molecular flexibility index (Phi) is 6.13. The monoisotopic (exact) mass is 451 g/mol. The van der Waals surface area contributed by atoms with Crippen LogP contribution >= 0.6 is 11.6 Å². The molecule has 5 rings (SSSR count). The average molecular weight is 452 g/mol. The highest BCUT2D eigenvalue weighted by Gasteiger charge is 2.17. The van der Waals surface area contributed by atoms with Crippen molar-refractivity contribution in [1.82, 2.24) is 14.6 Å². The van der Waals surface area contributed by atoms with E-state index in [1.165, 1.54) is 0 Å². The summed E-state index contributed by atoms with van der Waals surface area (Å²) >= 11 is 5.96. The van der Waals surface area contributed by atoms with Crippen LogP contribution in [0, 0.1) is 0 Å². The fourth-order valence-electron chi connectivity index (χ4n) is 4.50. The molecule has 6 nitrogen and oxygen atoms in total. The van der Waals surface area contributed by atoms with Crippen molar-refractivity contribution in [1.29, 1.82) is 0 Å². The van der Waals surface area contributed by atoms with Crippen molar-refractivity contribution < 1.29 is 9.84 Å². The SMILES string of the molecule is O=c1c(CNCc2ccc(Cl)cc2)cn2c(CO)cc3cc(CN4CCOCC4)cc1c32. The molecule has 7 heteroatoms. The number of morpholine rings is 1. The molecule has 0 radical (unpaired) electrons. The second kappa shape index (κ2) is 9.17. The Labute approximate surface area is 191 Å². The van der Waals surface area contributed by atoms with E-state index in [-0.39, 0.29) is 12.0 Å². The zero-order valence-electron chi connectivity index (χ0n) is 17.8. The molecule has 0 atom stereocenters. The number of halogens is 1. The summed E-state index contributed by atoms with van der Waals surface area (Å²) in [5.74, 6) is 0. The minimum atomic E-state index is -0.0803. The molecule has 1 fully saturated rings. The zero-order valence-corrected chi connectivity index (χ0v) is 18.6. The first-order chi connectivity index (χ1) is 15.6. The second-order valence-corrected chi connectivity index (χ2v) is 8.78. The van der Waals surface area contributed by atoms with Crippen LogP contribution < -0.4 is 10.7 Å². The molecule has 1 aliphatic heterocycles. The Morgan fingerprint density at radius 2 is 1.81 bits per heavy atom. The first kappa shape index (κ1) is 21.4. The van der Waals surface area contributed by atoms with E-state index in [0.717, 1.165) is 60.6 Å². The maximum absolute atomic E-state index is 13.4. The van der Waals surface area contributed by atoms with Crippen LogP contribution in [0.15, 0.2) is 53.5 Å². The molecule has 166 valence electrons. The number of benzene rings is 2. The highest BCUT2D eigenvalue weighted by atomic mass is 35.5. The fourth-order valence-corrected chi connectivity index (χ4v) is 4.62. The van der Waals surface area contributed by atoms with Crippen LogP contribution in [-0.2, 0) is 31.0 Å². The van der Waals surface area contributed by atoms with Gasteiger partial charge in [0.05, 0.1) is 25.3 Å². The van der Waals surface area contributed by atoms with E-state index in [4.69, 9.17) is 16.3 Å². The lowest BCUT2D eigenvalue weighted by Crippen LogP contribution is -2.35. The summed E-state index contributed by atoms with van der Waals surface area (Å²) < 4.78 is 7.42. The van der Waals surface area contributed by atoms with E-state index in [0.29, 0.717) is 29.1 Å². The summed E-state index contributed by atoms with van der Waals surface area (Å²) in [4.78, 5) is 15.7. The number of nitrogens with one attached hydrogen (secondary N) is 1. The van der Waals surface area contributed by atoms with Gasteiger partial charge >= 0.3 is 0 Å². The van der Waals surface area contributed by atoms with Gasteiger partial charge in [-0.05, 0) is 41.5 Å². The van der Waals surface area contributed by atoms with Crippen LogP contribution in [-0.4, -0.2) is 40.7 Å². The van der Waals surface area contributed by atoms with Gasteiger partial charge in [0.25, 0.3) is 0 Å². The van der Waals surface area contributed by atoms with E-state index >= 15 is 0 Å². The van der Waals surface area contributed by atoms with E-state index < -0.39 is 0 Å². The third-order valence-corrected chi connectivity index (χ3v) is 6.37. The molecule has 2 aromatic heterocycles. The predicted molar refractivity (Wildman–Crippen MR) is 126 cm³/mol. The van der Waals surface area contributed by atoms with Crippen LogP contribution in [0.25, 0.3) is 16.3 Å². The summed E-state index contributed by atoms with van der Waals surface area (Å²) in [7, 11) is 0. The molecule has 0 saturated carbocycles. The lowest BCUT2D eigenvalue weighted by Gasteiger charge is -2.26. The number of aliphatic hydroxyl groups is 1. The smallest absolute Gasteiger partial charge is 0.193 e. The van der Waals surface area contributed by atoms with E-state index in [2.05, 4.69) is 16.3 Å². The van der Waals surface area contributed by atoms with Gasteiger partial charge in [0, 0.05) is 66.0 Å². The molecule has 0 aliphatic carbocycles. The van der Waals surface area contributed by atoms with Crippen LogP contribution in [0.5, 0.6) is 0 Å². The first-order valence-corrected chi connectivity index (χ1v) is 11.3. The Morgan fingerprint density at radius 1 is 1.03 bits per heavy atom. The molecule has 32 heavy (non-hydrogen) atoms. The quantitative estimate of drug-likeness (QED) is 0.452. The second-order valence-electron chi connectivity index (χ2n) is 8.35. The molecule has 0 bridgehead atoms. The number of hydrogen-bond donors (Lipinski definition) is 2. The molecule has 1 aliphatic rings. The third kappa shape index (κ3) is 4.25. The summed E-state index contributed by atoms with van der Waals surface area (Å²) in [5.41, 5.74) is 4.60. The number of pyridine rings is 1. The maximum atomic E-state index is 13.4. The van der Waals surface area contributed by atoms with Crippen molar-refractivity contribution in [3.05, 3.63) is 86.3 Å². The number of aromatic nitrogens is 1. The van der Waals surface area contributed by atoms with Gasteiger partial charge in [0.2, 0.25) is 0 Å². The summed E-state index contributed by atoms with van der Waals surface area (Å²) in [5, 5.41) is 15.7. The van der Waals surface area contributed by atoms with Gasteiger partial charge in [0.1, 0.15) is 0 Å². The van der Waals surface area contributed by atoms with Crippen molar-refractivity contribution in [3.63, 3.8) is 0 Å². The topological polar surface area (TPSA) is 66.2 Å². The summed E-state index contributed by atoms with van der Waals surface area (Å²) in [6, 6.07) is 13.8. The van der Waals surface area contributed by atoms with Gasteiger partial charge in [-0.2, -0.15) is 0 Å². The van der Waals surface area contributed by atoms with E-state index in [9.17, 15) is 9.90 Å². The van der Waals surface area contributed by atoms with Gasteiger partial charge in [-0.3, -0.25) is 9.69 Å². The van der Waals surface area contributed by atoms with Gasteiger partial charge < -0.3 is 19.6 Å². The van der Waals surface area contributed by atoms with Crippen molar-refractivity contribution in [2.24, 2.45) is 0 Å². The molecule has 3 heterocycles. The highest BCUT2D eigenvalue weighted by Crippen LogP contribution is 2.26. The van der Waals surface area contributed by atoms with Crippen molar-refractivity contribution in [3.8, 4) is 0 Å². The van der Waals surface area contributed by atoms with Crippen LogP contribution in [0.2, 0.25) is 5.02 Å². The zero-order chi connectivity index (χ0) is 22.1.